The molecule has 0 aliphatic rings. The summed E-state index contributed by atoms with van der Waals surface area (Å²) in [5.41, 5.74) is 3.37. The van der Waals surface area contributed by atoms with E-state index in [1.54, 1.807) is 12.1 Å². The fraction of sp³-hybridized carbons (Fsp3) is 0.143. The zero-order chi connectivity index (χ0) is 13.3. The van der Waals surface area contributed by atoms with Crippen LogP contribution < -0.4 is 0 Å². The Morgan fingerprint density at radius 1 is 1.22 bits per heavy atom. The zero-order valence-corrected chi connectivity index (χ0v) is 10.8. The fourth-order valence-electron chi connectivity index (χ4n) is 1.86. The van der Waals surface area contributed by atoms with Crippen LogP contribution in [0.25, 0.3) is 11.1 Å². The number of hydrogen-bond donors (Lipinski definition) is 1. The van der Waals surface area contributed by atoms with Gasteiger partial charge in [0, 0.05) is 16.8 Å². The van der Waals surface area contributed by atoms with Gasteiger partial charge in [-0.3, -0.25) is 0 Å². The van der Waals surface area contributed by atoms with Crippen molar-refractivity contribution in [3.8, 4) is 11.1 Å². The molecule has 0 unspecified atom stereocenters. The molecule has 2 rings (SSSR count). The molecule has 0 aliphatic heterocycles. The van der Waals surface area contributed by atoms with Crippen LogP contribution >= 0.6 is 11.6 Å². The van der Waals surface area contributed by atoms with E-state index in [-0.39, 0.29) is 5.69 Å². The molecule has 0 saturated heterocycles. The van der Waals surface area contributed by atoms with Crippen molar-refractivity contribution >= 4 is 17.6 Å². The first-order valence-corrected chi connectivity index (χ1v) is 5.84. The third-order valence-electron chi connectivity index (χ3n) is 2.81. The normalized spacial score (nSPS) is 10.4. The molecule has 18 heavy (non-hydrogen) atoms. The average Bonchev–Trinajstić information content (AvgIpc) is 2.34. The number of aromatic carboxylic acids is 1. The largest absolute Gasteiger partial charge is 0.476 e. The molecule has 0 saturated carbocycles. The summed E-state index contributed by atoms with van der Waals surface area (Å²) in [6.45, 7) is 3.79. The van der Waals surface area contributed by atoms with Crippen molar-refractivity contribution in [1.29, 1.82) is 0 Å². The first kappa shape index (κ1) is 12.6. The number of aryl methyl sites for hydroxylation is 2. The van der Waals surface area contributed by atoms with Gasteiger partial charge in [-0.15, -0.1) is 0 Å². The highest BCUT2D eigenvalue weighted by Gasteiger charge is 2.15. The average molecular weight is 262 g/mol. The van der Waals surface area contributed by atoms with E-state index in [1.807, 2.05) is 26.0 Å². The van der Waals surface area contributed by atoms with Gasteiger partial charge in [0.05, 0.1) is 0 Å². The number of aromatic nitrogens is 1. The van der Waals surface area contributed by atoms with Gasteiger partial charge in [0.15, 0.2) is 5.69 Å². The number of rotatable bonds is 2. The van der Waals surface area contributed by atoms with Crippen molar-refractivity contribution in [2.45, 2.75) is 13.8 Å². The Balaban J connectivity index is 2.69. The maximum atomic E-state index is 11.2. The van der Waals surface area contributed by atoms with Gasteiger partial charge in [-0.05, 0) is 48.7 Å². The molecular weight excluding hydrogens is 250 g/mol. The van der Waals surface area contributed by atoms with Gasteiger partial charge in [0.1, 0.15) is 0 Å². The standard InChI is InChI=1S/C14H12ClNO2/c1-8-7-12(15)9(2)6-11(8)10-4-3-5-16-13(10)14(17)18/h3-7H,1-2H3,(H,17,18). The highest BCUT2D eigenvalue weighted by molar-refractivity contribution is 6.31. The first-order valence-electron chi connectivity index (χ1n) is 5.46. The summed E-state index contributed by atoms with van der Waals surface area (Å²) in [5, 5.41) is 9.83. The van der Waals surface area contributed by atoms with Crippen molar-refractivity contribution in [2.24, 2.45) is 0 Å². The second-order valence-electron chi connectivity index (χ2n) is 4.12. The van der Waals surface area contributed by atoms with Crippen LogP contribution in [-0.4, -0.2) is 16.1 Å². The Morgan fingerprint density at radius 3 is 2.61 bits per heavy atom. The quantitative estimate of drug-likeness (QED) is 0.896. The van der Waals surface area contributed by atoms with Crippen LogP contribution in [0.5, 0.6) is 0 Å². The molecule has 0 amide bonds. The lowest BCUT2D eigenvalue weighted by molar-refractivity contribution is 0.0691. The monoisotopic (exact) mass is 261 g/mol. The van der Waals surface area contributed by atoms with Crippen LogP contribution in [0.1, 0.15) is 21.6 Å². The number of carbonyl (C=O) groups is 1. The van der Waals surface area contributed by atoms with E-state index in [0.29, 0.717) is 10.6 Å². The van der Waals surface area contributed by atoms with E-state index in [1.165, 1.54) is 6.20 Å². The van der Waals surface area contributed by atoms with Gasteiger partial charge in [0.2, 0.25) is 0 Å². The summed E-state index contributed by atoms with van der Waals surface area (Å²) in [5.74, 6) is -1.03. The van der Waals surface area contributed by atoms with Crippen LogP contribution in [0.4, 0.5) is 0 Å². The molecule has 1 N–H and O–H groups in total. The fourth-order valence-corrected chi connectivity index (χ4v) is 2.08. The van der Waals surface area contributed by atoms with Gasteiger partial charge in [-0.25, -0.2) is 9.78 Å². The van der Waals surface area contributed by atoms with Gasteiger partial charge >= 0.3 is 5.97 Å². The summed E-state index contributed by atoms with van der Waals surface area (Å²) >= 11 is 6.04. The van der Waals surface area contributed by atoms with Crippen molar-refractivity contribution < 1.29 is 9.90 Å². The lowest BCUT2D eigenvalue weighted by atomic mass is 9.97. The van der Waals surface area contributed by atoms with E-state index in [2.05, 4.69) is 4.98 Å². The van der Waals surface area contributed by atoms with E-state index in [0.717, 1.165) is 16.7 Å². The Morgan fingerprint density at radius 2 is 1.94 bits per heavy atom. The predicted molar refractivity (Wildman–Crippen MR) is 71.1 cm³/mol. The molecule has 4 heteroatoms. The molecule has 0 radical (unpaired) electrons. The van der Waals surface area contributed by atoms with Gasteiger partial charge in [-0.1, -0.05) is 17.7 Å². The van der Waals surface area contributed by atoms with Crippen molar-refractivity contribution in [1.82, 2.24) is 4.98 Å². The minimum atomic E-state index is -1.03. The second-order valence-corrected chi connectivity index (χ2v) is 4.53. The van der Waals surface area contributed by atoms with Crippen LogP contribution in [0.3, 0.4) is 0 Å². The number of benzene rings is 1. The minimum absolute atomic E-state index is 0.0577. The molecule has 0 fully saturated rings. The van der Waals surface area contributed by atoms with Crippen LogP contribution in [0.15, 0.2) is 30.5 Å². The van der Waals surface area contributed by atoms with Crippen LogP contribution in [0.2, 0.25) is 5.02 Å². The van der Waals surface area contributed by atoms with E-state index < -0.39 is 5.97 Å². The second kappa shape index (κ2) is 4.78. The van der Waals surface area contributed by atoms with Crippen LogP contribution in [-0.2, 0) is 0 Å². The highest BCUT2D eigenvalue weighted by atomic mass is 35.5. The summed E-state index contributed by atoms with van der Waals surface area (Å²) in [6, 6.07) is 7.21. The Labute approximate surface area is 110 Å². The Bertz CT molecular complexity index is 623. The predicted octanol–water partition coefficient (Wildman–Crippen LogP) is 3.72. The van der Waals surface area contributed by atoms with E-state index in [9.17, 15) is 4.79 Å². The molecule has 2 aromatic rings. The van der Waals surface area contributed by atoms with Crippen LogP contribution in [0, 0.1) is 13.8 Å². The van der Waals surface area contributed by atoms with Gasteiger partial charge in [-0.2, -0.15) is 0 Å². The summed E-state index contributed by atoms with van der Waals surface area (Å²) in [6.07, 6.45) is 1.48. The molecule has 3 nitrogen and oxygen atoms in total. The van der Waals surface area contributed by atoms with Gasteiger partial charge < -0.3 is 5.11 Å². The number of hydrogen-bond acceptors (Lipinski definition) is 2. The number of halogens is 1. The van der Waals surface area contributed by atoms with Gasteiger partial charge in [0.25, 0.3) is 0 Å². The topological polar surface area (TPSA) is 50.2 Å². The molecule has 92 valence electrons. The number of carboxylic acid groups (broad SMARTS) is 1. The van der Waals surface area contributed by atoms with Crippen molar-refractivity contribution in [2.75, 3.05) is 0 Å². The smallest absolute Gasteiger partial charge is 0.355 e. The molecule has 0 spiro atoms. The summed E-state index contributed by atoms with van der Waals surface area (Å²) < 4.78 is 0. The highest BCUT2D eigenvalue weighted by Crippen LogP contribution is 2.30. The lowest BCUT2D eigenvalue weighted by Crippen LogP contribution is -2.03. The maximum absolute atomic E-state index is 11.2. The number of carboxylic acids is 1. The van der Waals surface area contributed by atoms with E-state index in [4.69, 9.17) is 16.7 Å². The molecular formula is C14H12ClNO2. The molecule has 0 bridgehead atoms. The molecule has 0 atom stereocenters. The third-order valence-corrected chi connectivity index (χ3v) is 3.21. The lowest BCUT2D eigenvalue weighted by Gasteiger charge is -2.10. The number of nitrogens with zero attached hydrogens (tertiary/aromatic N) is 1. The number of pyridine rings is 1. The Hall–Kier alpha value is -1.87. The maximum Gasteiger partial charge on any atom is 0.355 e. The third kappa shape index (κ3) is 2.22. The SMILES string of the molecule is Cc1cc(-c2cccnc2C(=O)O)c(C)cc1Cl. The van der Waals surface area contributed by atoms with Crippen molar-refractivity contribution in [3.63, 3.8) is 0 Å². The molecule has 1 heterocycles. The Kier molecular flexibility index (Phi) is 3.34. The summed E-state index contributed by atoms with van der Waals surface area (Å²) in [4.78, 5) is 15.1. The zero-order valence-electron chi connectivity index (χ0n) is 10.1. The van der Waals surface area contributed by atoms with Crippen molar-refractivity contribution in [3.05, 3.63) is 52.3 Å². The van der Waals surface area contributed by atoms with E-state index >= 15 is 0 Å². The summed E-state index contributed by atoms with van der Waals surface area (Å²) in [7, 11) is 0. The molecule has 0 aliphatic carbocycles. The molecule has 1 aromatic carbocycles. The molecule has 1 aromatic heterocycles. The minimum Gasteiger partial charge on any atom is -0.476 e. The first-order chi connectivity index (χ1) is 8.50.